The van der Waals surface area contributed by atoms with Crippen molar-refractivity contribution in [1.82, 2.24) is 5.32 Å². The van der Waals surface area contributed by atoms with Gasteiger partial charge in [-0.1, -0.05) is 12.1 Å². The van der Waals surface area contributed by atoms with Gasteiger partial charge >= 0.3 is 0 Å². The molecule has 0 aliphatic heterocycles. The summed E-state index contributed by atoms with van der Waals surface area (Å²) in [6.45, 7) is 2.41. The van der Waals surface area contributed by atoms with E-state index in [9.17, 15) is 4.79 Å². The average molecular weight is 331 g/mol. The van der Waals surface area contributed by atoms with Gasteiger partial charge in [0.05, 0.1) is 19.5 Å². The van der Waals surface area contributed by atoms with Gasteiger partial charge in [0.1, 0.15) is 11.5 Å². The highest BCUT2D eigenvalue weighted by Crippen LogP contribution is 2.25. The number of amides is 1. The summed E-state index contributed by atoms with van der Waals surface area (Å²) in [5.41, 5.74) is 1.04. The van der Waals surface area contributed by atoms with Gasteiger partial charge in [0, 0.05) is 11.4 Å². The summed E-state index contributed by atoms with van der Waals surface area (Å²) in [5, 5.41) is 2.79. The smallest absolute Gasteiger partial charge is 0.233 e. The molecule has 4 nitrogen and oxygen atoms in total. The van der Waals surface area contributed by atoms with Crippen LogP contribution in [0.3, 0.4) is 0 Å². The normalized spacial score (nSPS) is 11.6. The lowest BCUT2D eigenvalue weighted by Gasteiger charge is -2.12. The van der Waals surface area contributed by atoms with Crippen LogP contribution < -0.4 is 14.8 Å². The molecule has 0 bridgehead atoms. The van der Waals surface area contributed by atoms with Gasteiger partial charge in [0.2, 0.25) is 5.91 Å². The Balaban J connectivity index is 1.83. The molecule has 0 fully saturated rings. The summed E-state index contributed by atoms with van der Waals surface area (Å²) in [7, 11) is 3.27. The van der Waals surface area contributed by atoms with E-state index in [-0.39, 0.29) is 11.2 Å². The molecule has 5 heteroatoms. The van der Waals surface area contributed by atoms with Gasteiger partial charge in [0.15, 0.2) is 0 Å². The highest BCUT2D eigenvalue weighted by atomic mass is 32.2. The predicted octanol–water partition coefficient (Wildman–Crippen LogP) is 3.50. The number of carbonyl (C=O) groups is 1. The third kappa shape index (κ3) is 5.21. The number of ether oxygens (including phenoxy) is 2. The molecular formula is C18H21NO3S. The van der Waals surface area contributed by atoms with Crippen molar-refractivity contribution < 1.29 is 14.3 Å². The number of nitrogens with one attached hydrogen (secondary N) is 1. The standard InChI is InChI=1S/C18H21NO3S/c1-13(23-17-10-8-16(22-3)9-11-17)18(20)19-12-14-4-6-15(21-2)7-5-14/h4-11,13H,12H2,1-3H3,(H,19,20)/t13-/m0/s1. The minimum atomic E-state index is -0.165. The van der Waals surface area contributed by atoms with Gasteiger partial charge in [-0.25, -0.2) is 0 Å². The minimum Gasteiger partial charge on any atom is -0.497 e. The number of thioether (sulfide) groups is 1. The summed E-state index contributed by atoms with van der Waals surface area (Å²) in [6, 6.07) is 15.4. The van der Waals surface area contributed by atoms with Gasteiger partial charge in [-0.3, -0.25) is 4.79 Å². The molecule has 0 aromatic heterocycles. The molecule has 2 rings (SSSR count). The summed E-state index contributed by atoms with van der Waals surface area (Å²) < 4.78 is 10.2. The highest BCUT2D eigenvalue weighted by molar-refractivity contribution is 8.00. The molecule has 122 valence electrons. The number of hydrogen-bond donors (Lipinski definition) is 1. The third-order valence-electron chi connectivity index (χ3n) is 3.37. The van der Waals surface area contributed by atoms with E-state index >= 15 is 0 Å². The van der Waals surface area contributed by atoms with Crippen LogP contribution in [-0.4, -0.2) is 25.4 Å². The molecule has 0 unspecified atom stereocenters. The van der Waals surface area contributed by atoms with E-state index < -0.39 is 0 Å². The molecule has 0 aliphatic carbocycles. The quantitative estimate of drug-likeness (QED) is 0.789. The Morgan fingerprint density at radius 1 is 1.00 bits per heavy atom. The fourth-order valence-corrected chi connectivity index (χ4v) is 2.88. The van der Waals surface area contributed by atoms with Gasteiger partial charge in [0.25, 0.3) is 0 Å². The molecule has 2 aromatic carbocycles. The Morgan fingerprint density at radius 3 is 2.04 bits per heavy atom. The monoisotopic (exact) mass is 331 g/mol. The SMILES string of the molecule is COc1ccc(CNC(=O)[C@H](C)Sc2ccc(OC)cc2)cc1. The van der Waals surface area contributed by atoms with E-state index in [2.05, 4.69) is 5.32 Å². The van der Waals surface area contributed by atoms with E-state index in [1.165, 1.54) is 11.8 Å². The molecule has 1 atom stereocenters. The lowest BCUT2D eigenvalue weighted by Crippen LogP contribution is -2.30. The van der Waals surface area contributed by atoms with Gasteiger partial charge < -0.3 is 14.8 Å². The van der Waals surface area contributed by atoms with Crippen LogP contribution in [0.5, 0.6) is 11.5 Å². The molecule has 0 spiro atoms. The Labute approximate surface area is 141 Å². The summed E-state index contributed by atoms with van der Waals surface area (Å²) >= 11 is 1.52. The van der Waals surface area contributed by atoms with Gasteiger partial charge in [-0.2, -0.15) is 0 Å². The van der Waals surface area contributed by atoms with Gasteiger partial charge in [-0.15, -0.1) is 11.8 Å². The number of benzene rings is 2. The van der Waals surface area contributed by atoms with Crippen LogP contribution in [0.4, 0.5) is 0 Å². The van der Waals surface area contributed by atoms with E-state index in [0.29, 0.717) is 6.54 Å². The zero-order chi connectivity index (χ0) is 16.7. The van der Waals surface area contributed by atoms with Crippen LogP contribution in [0.25, 0.3) is 0 Å². The first kappa shape index (κ1) is 17.2. The van der Waals surface area contributed by atoms with Crippen molar-refractivity contribution in [2.45, 2.75) is 23.6 Å². The number of hydrogen-bond acceptors (Lipinski definition) is 4. The molecule has 2 aromatic rings. The Hall–Kier alpha value is -2.14. The molecule has 1 amide bonds. The van der Waals surface area contributed by atoms with Crippen LogP contribution in [0.15, 0.2) is 53.4 Å². The third-order valence-corrected chi connectivity index (χ3v) is 4.48. The maximum atomic E-state index is 12.2. The van der Waals surface area contributed by atoms with E-state index in [4.69, 9.17) is 9.47 Å². The second-order valence-corrected chi connectivity index (χ2v) is 6.42. The number of carbonyl (C=O) groups excluding carboxylic acids is 1. The minimum absolute atomic E-state index is 0.0154. The zero-order valence-corrected chi connectivity index (χ0v) is 14.4. The fraction of sp³-hybridized carbons (Fsp3) is 0.278. The van der Waals surface area contributed by atoms with Crippen LogP contribution in [0, 0.1) is 0 Å². The molecule has 0 radical (unpaired) electrons. The maximum Gasteiger partial charge on any atom is 0.233 e. The lowest BCUT2D eigenvalue weighted by atomic mass is 10.2. The second-order valence-electron chi connectivity index (χ2n) is 5.00. The Morgan fingerprint density at radius 2 is 1.52 bits per heavy atom. The van der Waals surface area contributed by atoms with Gasteiger partial charge in [-0.05, 0) is 48.9 Å². The molecular weight excluding hydrogens is 310 g/mol. The predicted molar refractivity (Wildman–Crippen MR) is 93.2 cm³/mol. The van der Waals surface area contributed by atoms with Crippen molar-refractivity contribution in [1.29, 1.82) is 0 Å². The van der Waals surface area contributed by atoms with Crippen LogP contribution >= 0.6 is 11.8 Å². The van der Waals surface area contributed by atoms with Crippen LogP contribution in [0.1, 0.15) is 12.5 Å². The summed E-state index contributed by atoms with van der Waals surface area (Å²) in [4.78, 5) is 13.2. The first-order valence-corrected chi connectivity index (χ1v) is 8.21. The topological polar surface area (TPSA) is 47.6 Å². The fourth-order valence-electron chi connectivity index (χ4n) is 1.99. The number of methoxy groups -OCH3 is 2. The molecule has 0 heterocycles. The molecule has 0 saturated carbocycles. The number of rotatable bonds is 7. The lowest BCUT2D eigenvalue weighted by molar-refractivity contribution is -0.120. The Bertz CT molecular complexity index is 626. The second kappa shape index (κ2) is 8.48. The van der Waals surface area contributed by atoms with E-state index in [0.717, 1.165) is 22.0 Å². The van der Waals surface area contributed by atoms with Crippen molar-refractivity contribution in [3.05, 3.63) is 54.1 Å². The first-order chi connectivity index (χ1) is 11.1. The van der Waals surface area contributed by atoms with Crippen molar-refractivity contribution in [2.75, 3.05) is 14.2 Å². The van der Waals surface area contributed by atoms with Crippen molar-refractivity contribution in [3.8, 4) is 11.5 Å². The van der Waals surface area contributed by atoms with Crippen molar-refractivity contribution >= 4 is 17.7 Å². The van der Waals surface area contributed by atoms with Crippen molar-refractivity contribution in [3.63, 3.8) is 0 Å². The van der Waals surface area contributed by atoms with E-state index in [1.54, 1.807) is 14.2 Å². The average Bonchev–Trinajstić information content (AvgIpc) is 2.60. The molecule has 0 aliphatic rings. The van der Waals surface area contributed by atoms with Crippen LogP contribution in [-0.2, 0) is 11.3 Å². The van der Waals surface area contributed by atoms with Crippen molar-refractivity contribution in [2.24, 2.45) is 0 Å². The molecule has 0 saturated heterocycles. The van der Waals surface area contributed by atoms with Crippen LogP contribution in [0.2, 0.25) is 0 Å². The largest absolute Gasteiger partial charge is 0.497 e. The molecule has 23 heavy (non-hydrogen) atoms. The first-order valence-electron chi connectivity index (χ1n) is 7.33. The summed E-state index contributed by atoms with van der Waals surface area (Å²) in [5.74, 6) is 1.64. The highest BCUT2D eigenvalue weighted by Gasteiger charge is 2.14. The summed E-state index contributed by atoms with van der Waals surface area (Å²) in [6.07, 6.45) is 0. The molecule has 1 N–H and O–H groups in total. The van der Waals surface area contributed by atoms with E-state index in [1.807, 2.05) is 55.5 Å². The zero-order valence-electron chi connectivity index (χ0n) is 13.5. The Kier molecular flexibility index (Phi) is 6.35. The maximum absolute atomic E-state index is 12.2.